The van der Waals surface area contributed by atoms with Gasteiger partial charge in [-0.1, -0.05) is 52.1 Å². The molecule has 0 saturated heterocycles. The molecule has 1 aromatic carbocycles. The van der Waals surface area contributed by atoms with Gasteiger partial charge in [0.1, 0.15) is 0 Å². The molecule has 0 bridgehead atoms. The van der Waals surface area contributed by atoms with Gasteiger partial charge >= 0.3 is 0 Å². The molecule has 98 valence electrons. The first-order chi connectivity index (χ1) is 8.14. The quantitative estimate of drug-likeness (QED) is 0.742. The maximum absolute atomic E-state index is 4.16. The van der Waals surface area contributed by atoms with E-state index in [2.05, 4.69) is 59.1 Å². The van der Waals surface area contributed by atoms with Crippen LogP contribution < -0.4 is 0 Å². The van der Waals surface area contributed by atoms with E-state index in [1.165, 1.54) is 16.7 Å². The van der Waals surface area contributed by atoms with E-state index in [-0.39, 0.29) is 5.41 Å². The van der Waals surface area contributed by atoms with Crippen LogP contribution in [0.3, 0.4) is 0 Å². The van der Waals surface area contributed by atoms with E-state index in [0.717, 1.165) is 11.4 Å². The van der Waals surface area contributed by atoms with Gasteiger partial charge in [0.05, 0.1) is 0 Å². The second kappa shape index (κ2) is 5.01. The summed E-state index contributed by atoms with van der Waals surface area (Å²) in [4.78, 5) is 2.03. The van der Waals surface area contributed by atoms with Crippen molar-refractivity contribution in [3.05, 3.63) is 53.7 Å². The molecule has 0 unspecified atom stereocenters. The molecule has 0 radical (unpaired) electrons. The third-order valence-electron chi connectivity index (χ3n) is 3.38. The van der Waals surface area contributed by atoms with Crippen molar-refractivity contribution >= 4 is 5.70 Å². The van der Waals surface area contributed by atoms with Crippen LogP contribution in [0.15, 0.2) is 37.1 Å². The topological polar surface area (TPSA) is 3.24 Å². The van der Waals surface area contributed by atoms with Crippen molar-refractivity contribution in [1.82, 2.24) is 4.90 Å². The largest absolute Gasteiger partial charge is 0.349 e. The highest BCUT2D eigenvalue weighted by Crippen LogP contribution is 2.28. The molecule has 0 aliphatic heterocycles. The van der Waals surface area contributed by atoms with E-state index >= 15 is 0 Å². The highest BCUT2D eigenvalue weighted by atomic mass is 15.1. The molecule has 0 spiro atoms. The fourth-order valence-corrected chi connectivity index (χ4v) is 1.87. The molecule has 0 saturated carbocycles. The third kappa shape index (κ3) is 3.04. The lowest BCUT2D eigenvalue weighted by atomic mass is 9.85. The molecule has 0 fully saturated rings. The molecular weight excluding hydrogens is 218 g/mol. The summed E-state index contributed by atoms with van der Waals surface area (Å²) in [7, 11) is 2.00. The Morgan fingerprint density at radius 1 is 1.17 bits per heavy atom. The van der Waals surface area contributed by atoms with Crippen LogP contribution >= 0.6 is 0 Å². The van der Waals surface area contributed by atoms with Crippen LogP contribution in [0, 0.1) is 6.92 Å². The number of aryl methyl sites for hydroxylation is 1. The van der Waals surface area contributed by atoms with E-state index in [1.807, 2.05) is 18.9 Å². The van der Waals surface area contributed by atoms with E-state index < -0.39 is 0 Å². The lowest BCUT2D eigenvalue weighted by Crippen LogP contribution is -2.15. The maximum atomic E-state index is 4.16. The molecular formula is C17H25N. The van der Waals surface area contributed by atoms with E-state index in [4.69, 9.17) is 0 Å². The highest BCUT2D eigenvalue weighted by Gasteiger charge is 2.16. The Labute approximate surface area is 112 Å². The molecule has 1 nitrogen and oxygen atoms in total. The number of hydrogen-bond acceptors (Lipinski definition) is 1. The maximum Gasteiger partial charge on any atom is 0.0408 e. The predicted octanol–water partition coefficient (Wildman–Crippen LogP) is 4.73. The Morgan fingerprint density at radius 2 is 1.72 bits per heavy atom. The van der Waals surface area contributed by atoms with Crippen molar-refractivity contribution < 1.29 is 0 Å². The van der Waals surface area contributed by atoms with Gasteiger partial charge in [-0.2, -0.15) is 0 Å². The van der Waals surface area contributed by atoms with Gasteiger partial charge in [-0.25, -0.2) is 0 Å². The second-order valence-corrected chi connectivity index (χ2v) is 6.02. The average molecular weight is 243 g/mol. The van der Waals surface area contributed by atoms with Crippen LogP contribution in [-0.2, 0) is 5.41 Å². The van der Waals surface area contributed by atoms with Gasteiger partial charge in [0.15, 0.2) is 0 Å². The summed E-state index contributed by atoms with van der Waals surface area (Å²) in [6, 6.07) is 6.62. The molecule has 0 amide bonds. The van der Waals surface area contributed by atoms with Crippen LogP contribution in [0.5, 0.6) is 0 Å². The molecule has 1 heteroatoms. The van der Waals surface area contributed by atoms with Crippen LogP contribution in [0.25, 0.3) is 5.70 Å². The molecule has 0 aliphatic carbocycles. The molecule has 1 rings (SSSR count). The minimum absolute atomic E-state index is 0.185. The van der Waals surface area contributed by atoms with Crippen LogP contribution in [0.1, 0.15) is 44.4 Å². The van der Waals surface area contributed by atoms with Gasteiger partial charge < -0.3 is 4.90 Å². The molecule has 1 aromatic rings. The first-order valence-electron chi connectivity index (χ1n) is 6.34. The summed E-state index contributed by atoms with van der Waals surface area (Å²) in [6.07, 6.45) is 0. The van der Waals surface area contributed by atoms with Gasteiger partial charge in [0, 0.05) is 24.0 Å². The highest BCUT2D eigenvalue weighted by molar-refractivity contribution is 5.66. The van der Waals surface area contributed by atoms with E-state index in [0.29, 0.717) is 0 Å². The molecule has 0 aliphatic rings. The Morgan fingerprint density at radius 3 is 2.11 bits per heavy atom. The first kappa shape index (κ1) is 14.6. The molecule has 0 aromatic heterocycles. The third-order valence-corrected chi connectivity index (χ3v) is 3.38. The van der Waals surface area contributed by atoms with E-state index in [1.54, 1.807) is 0 Å². The van der Waals surface area contributed by atoms with Gasteiger partial charge in [-0.15, -0.1) is 0 Å². The lowest BCUT2D eigenvalue weighted by molar-refractivity contribution is 0.587. The smallest absolute Gasteiger partial charge is 0.0408 e. The fraction of sp³-hybridized carbons (Fsp3) is 0.412. The summed E-state index contributed by atoms with van der Waals surface area (Å²) in [5, 5.41) is 0. The summed E-state index contributed by atoms with van der Waals surface area (Å²) in [5.41, 5.74) is 5.99. The average Bonchev–Trinajstić information content (AvgIpc) is 2.25. The first-order valence-corrected chi connectivity index (χ1v) is 6.34. The summed E-state index contributed by atoms with van der Waals surface area (Å²) < 4.78 is 0. The Bertz CT molecular complexity index is 475. The van der Waals surface area contributed by atoms with Gasteiger partial charge in [-0.05, 0) is 30.4 Å². The molecule has 0 atom stereocenters. The molecule has 0 heterocycles. The number of nitrogens with zero attached hydrogens (tertiary/aromatic N) is 1. The number of hydrogen-bond donors (Lipinski definition) is 0. The zero-order valence-corrected chi connectivity index (χ0v) is 12.6. The minimum atomic E-state index is 0.185. The zero-order valence-electron chi connectivity index (χ0n) is 12.6. The standard InChI is InChI=1S/C17H25N/c1-12(2)18(8)14(4)16-10-9-15(11-13(16)3)17(5,6)7/h9-11H,1,4H2,2-3,5-8H3. The fourth-order valence-electron chi connectivity index (χ4n) is 1.87. The van der Waals surface area contributed by atoms with Crippen molar-refractivity contribution in [3.63, 3.8) is 0 Å². The Hall–Kier alpha value is -1.50. The number of rotatable bonds is 3. The normalized spacial score (nSPS) is 11.2. The van der Waals surface area contributed by atoms with Crippen molar-refractivity contribution in [2.75, 3.05) is 7.05 Å². The van der Waals surface area contributed by atoms with Crippen LogP contribution in [0.4, 0.5) is 0 Å². The summed E-state index contributed by atoms with van der Waals surface area (Å²) in [5.74, 6) is 0. The number of benzene rings is 1. The van der Waals surface area contributed by atoms with Crippen molar-refractivity contribution in [2.24, 2.45) is 0 Å². The SMILES string of the molecule is C=C(C)N(C)C(=C)c1ccc(C(C)(C)C)cc1C. The Balaban J connectivity index is 3.14. The van der Waals surface area contributed by atoms with Crippen molar-refractivity contribution in [2.45, 2.75) is 40.0 Å². The van der Waals surface area contributed by atoms with Crippen LogP contribution in [0.2, 0.25) is 0 Å². The van der Waals surface area contributed by atoms with Crippen LogP contribution in [-0.4, -0.2) is 11.9 Å². The molecule has 0 N–H and O–H groups in total. The van der Waals surface area contributed by atoms with E-state index in [9.17, 15) is 0 Å². The Kier molecular flexibility index (Phi) is 4.05. The monoisotopic (exact) mass is 243 g/mol. The second-order valence-electron chi connectivity index (χ2n) is 6.02. The van der Waals surface area contributed by atoms with Gasteiger partial charge in [0.25, 0.3) is 0 Å². The zero-order chi connectivity index (χ0) is 14.1. The summed E-state index contributed by atoms with van der Waals surface area (Å²) in [6.45, 7) is 18.9. The molecule has 18 heavy (non-hydrogen) atoms. The number of allylic oxidation sites excluding steroid dienone is 1. The van der Waals surface area contributed by atoms with Crippen molar-refractivity contribution in [1.29, 1.82) is 0 Å². The minimum Gasteiger partial charge on any atom is -0.349 e. The summed E-state index contributed by atoms with van der Waals surface area (Å²) >= 11 is 0. The lowest BCUT2D eigenvalue weighted by Gasteiger charge is -2.25. The predicted molar refractivity (Wildman–Crippen MR) is 81.5 cm³/mol. The van der Waals surface area contributed by atoms with Gasteiger partial charge in [-0.3, -0.25) is 0 Å². The van der Waals surface area contributed by atoms with Crippen molar-refractivity contribution in [3.8, 4) is 0 Å². The van der Waals surface area contributed by atoms with Gasteiger partial charge in [0.2, 0.25) is 0 Å².